The van der Waals surface area contributed by atoms with Gasteiger partial charge in [0, 0.05) is 24.2 Å². The smallest absolute Gasteiger partial charge is 0.491 e. The highest BCUT2D eigenvalue weighted by Gasteiger charge is 2.40. The van der Waals surface area contributed by atoms with Crippen molar-refractivity contribution in [3.63, 3.8) is 0 Å². The summed E-state index contributed by atoms with van der Waals surface area (Å²) >= 11 is 1.35. The number of aromatic nitrogens is 2. The van der Waals surface area contributed by atoms with Crippen LogP contribution in [0.3, 0.4) is 0 Å². The van der Waals surface area contributed by atoms with E-state index in [-0.39, 0.29) is 6.04 Å². The molecule has 0 saturated carbocycles. The monoisotopic (exact) mass is 514 g/mol. The van der Waals surface area contributed by atoms with E-state index < -0.39 is 17.8 Å². The third-order valence-electron chi connectivity index (χ3n) is 5.86. The molecule has 0 bridgehead atoms. The van der Waals surface area contributed by atoms with Crippen molar-refractivity contribution in [3.05, 3.63) is 107 Å². The Morgan fingerprint density at radius 3 is 2.73 bits per heavy atom. The molecule has 0 amide bonds. The summed E-state index contributed by atoms with van der Waals surface area (Å²) in [5, 5.41) is 14.0. The molecule has 0 fully saturated rings. The molecule has 2 unspecified atom stereocenters. The number of carbonyl (C=O) groups excluding carboxylic acids is 1. The Balaban J connectivity index is 1.46. The Morgan fingerprint density at radius 2 is 2.00 bits per heavy atom. The minimum Gasteiger partial charge on any atom is -0.491 e. The fourth-order valence-electron chi connectivity index (χ4n) is 4.18. The normalized spacial score (nSPS) is 17.4. The van der Waals surface area contributed by atoms with Gasteiger partial charge in [-0.1, -0.05) is 58.4 Å². The molecule has 37 heavy (non-hydrogen) atoms. The van der Waals surface area contributed by atoms with Crippen molar-refractivity contribution in [2.24, 2.45) is 4.99 Å². The Kier molecular flexibility index (Phi) is 6.86. The van der Waals surface area contributed by atoms with E-state index in [0.717, 1.165) is 16.7 Å². The van der Waals surface area contributed by atoms with Crippen LogP contribution in [0.1, 0.15) is 38.1 Å². The fraction of sp³-hybridized carbons (Fsp3) is 0.241. The summed E-state index contributed by atoms with van der Waals surface area (Å²) in [6.07, 6.45) is 9.08. The number of pyridine rings is 1. The summed E-state index contributed by atoms with van der Waals surface area (Å²) in [7, 11) is 0. The molecule has 0 radical (unpaired) electrons. The van der Waals surface area contributed by atoms with E-state index in [1.165, 1.54) is 15.9 Å². The van der Waals surface area contributed by atoms with E-state index >= 15 is 0 Å². The maximum Gasteiger partial charge on any atom is 0.604 e. The largest absolute Gasteiger partial charge is 0.604 e. The molecule has 0 spiro atoms. The van der Waals surface area contributed by atoms with Crippen LogP contribution in [0.25, 0.3) is 10.6 Å². The number of hydrogen-bond donors (Lipinski definition) is 1. The molecule has 3 aromatic rings. The van der Waals surface area contributed by atoms with Gasteiger partial charge in [0.15, 0.2) is 6.10 Å². The van der Waals surface area contributed by atoms with Crippen molar-refractivity contribution in [2.75, 3.05) is 0 Å². The number of fused-ring (bicyclic) bond motifs is 1. The Hall–Kier alpha value is -3.88. The molecule has 188 valence electrons. The Bertz CT molecular complexity index is 1420. The number of ether oxygens (including phenoxy) is 2. The van der Waals surface area contributed by atoms with E-state index in [1.54, 1.807) is 30.1 Å². The van der Waals surface area contributed by atoms with Gasteiger partial charge in [-0.3, -0.25) is 9.98 Å². The zero-order valence-electron chi connectivity index (χ0n) is 20.9. The molecule has 7 nitrogen and oxygen atoms in total. The molecule has 1 aliphatic carbocycles. The molecule has 3 heterocycles. The van der Waals surface area contributed by atoms with Crippen molar-refractivity contribution >= 4 is 23.6 Å². The second kappa shape index (κ2) is 10.2. The summed E-state index contributed by atoms with van der Waals surface area (Å²) in [5.41, 5.74) is 2.97. The van der Waals surface area contributed by atoms with Gasteiger partial charge in [0.05, 0.1) is 10.9 Å². The van der Waals surface area contributed by atoms with Crippen LogP contribution in [-0.4, -0.2) is 34.0 Å². The fourth-order valence-corrected chi connectivity index (χ4v) is 5.19. The summed E-state index contributed by atoms with van der Waals surface area (Å²) in [6.45, 7) is 5.86. The van der Waals surface area contributed by atoms with Gasteiger partial charge in [-0.25, -0.2) is 0 Å². The average Bonchev–Trinajstić information content (AvgIpc) is 3.53. The van der Waals surface area contributed by atoms with Crippen LogP contribution in [0.5, 0.6) is 0 Å². The molecule has 1 aliphatic heterocycles. The molecule has 2 atom stereocenters. The third-order valence-corrected chi connectivity index (χ3v) is 6.86. The van der Waals surface area contributed by atoms with Crippen LogP contribution in [0.15, 0.2) is 100 Å². The number of carbonyl (C=O) groups is 1. The Morgan fingerprint density at radius 1 is 1.19 bits per heavy atom. The number of aliphatic hydroxyl groups is 1. The standard InChI is InChI=1S/C29H28N3O4S/c1-29(2,3)36-28(34)32-23(18-37-27(32)20-11-8-14-30-15-20)26(33)22-16-31-25-21(22)12-7-13-24(25)35-17-19-9-5-4-6-10-19/h4-16,18,25-26,33H,17H2,1-3H3/q+1. The second-order valence-corrected chi connectivity index (χ2v) is 10.6. The van der Waals surface area contributed by atoms with Gasteiger partial charge in [0.25, 0.3) is 5.01 Å². The van der Waals surface area contributed by atoms with Crippen LogP contribution in [0, 0.1) is 0 Å². The zero-order chi connectivity index (χ0) is 26.0. The first-order valence-electron chi connectivity index (χ1n) is 12.0. The van der Waals surface area contributed by atoms with Crippen molar-refractivity contribution < 1.29 is 23.9 Å². The predicted molar refractivity (Wildman–Crippen MR) is 142 cm³/mol. The number of rotatable bonds is 6. The lowest BCUT2D eigenvalue weighted by molar-refractivity contribution is -0.584. The summed E-state index contributed by atoms with van der Waals surface area (Å²) < 4.78 is 13.2. The van der Waals surface area contributed by atoms with Gasteiger partial charge in [-0.15, -0.1) is 0 Å². The molecule has 2 aromatic heterocycles. The zero-order valence-corrected chi connectivity index (χ0v) is 21.7. The Labute approximate surface area is 219 Å². The van der Waals surface area contributed by atoms with E-state index in [0.29, 0.717) is 28.6 Å². The number of hydrogen-bond acceptors (Lipinski definition) is 7. The highest BCUT2D eigenvalue weighted by molar-refractivity contribution is 7.12. The average molecular weight is 515 g/mol. The first-order chi connectivity index (χ1) is 17.8. The van der Waals surface area contributed by atoms with Gasteiger partial charge >= 0.3 is 6.09 Å². The predicted octanol–water partition coefficient (Wildman–Crippen LogP) is 5.33. The van der Waals surface area contributed by atoms with E-state index in [4.69, 9.17) is 9.47 Å². The van der Waals surface area contributed by atoms with Crippen molar-refractivity contribution in [3.8, 4) is 10.6 Å². The van der Waals surface area contributed by atoms with Gasteiger partial charge in [0.1, 0.15) is 24.0 Å². The molecular formula is C29H28N3O4S+. The van der Waals surface area contributed by atoms with E-state index in [2.05, 4.69) is 9.98 Å². The summed E-state index contributed by atoms with van der Waals surface area (Å²) in [5.74, 6) is 0.709. The van der Waals surface area contributed by atoms with Crippen LogP contribution in [0.2, 0.25) is 0 Å². The lowest BCUT2D eigenvalue weighted by Crippen LogP contribution is -2.50. The highest BCUT2D eigenvalue weighted by Crippen LogP contribution is 2.36. The molecule has 8 heteroatoms. The van der Waals surface area contributed by atoms with Crippen LogP contribution >= 0.6 is 11.3 Å². The SMILES string of the molecule is CC(C)(C)OC(=O)[n+]1c(C(O)C2=C3C=CC=C(OCc4ccccc4)C3N=C2)csc1-c1cccnc1. The second-order valence-electron chi connectivity index (χ2n) is 9.72. The third kappa shape index (κ3) is 5.30. The van der Waals surface area contributed by atoms with Gasteiger partial charge in [-0.2, -0.15) is 4.79 Å². The van der Waals surface area contributed by atoms with Crippen molar-refractivity contribution in [2.45, 2.75) is 45.1 Å². The van der Waals surface area contributed by atoms with Crippen molar-refractivity contribution in [1.82, 2.24) is 4.98 Å². The quantitative estimate of drug-likeness (QED) is 0.449. The van der Waals surface area contributed by atoms with Gasteiger partial charge < -0.3 is 14.6 Å². The van der Waals surface area contributed by atoms with Crippen molar-refractivity contribution in [1.29, 1.82) is 0 Å². The minimum absolute atomic E-state index is 0.343. The lowest BCUT2D eigenvalue weighted by Gasteiger charge is -2.20. The first-order valence-corrected chi connectivity index (χ1v) is 12.9. The maximum atomic E-state index is 13.3. The summed E-state index contributed by atoms with van der Waals surface area (Å²) in [4.78, 5) is 22.2. The number of benzene rings is 1. The molecule has 0 saturated heterocycles. The highest BCUT2D eigenvalue weighted by atomic mass is 32.1. The molecule has 1 aromatic carbocycles. The van der Waals surface area contributed by atoms with Crippen LogP contribution in [-0.2, 0) is 16.1 Å². The topological polar surface area (TPSA) is 84.9 Å². The number of aliphatic imine (C=N–C) groups is 1. The van der Waals surface area contributed by atoms with E-state index in [1.807, 2.05) is 75.4 Å². The summed E-state index contributed by atoms with van der Waals surface area (Å²) in [6, 6.07) is 13.3. The first kappa shape index (κ1) is 24.8. The molecule has 2 aliphatic rings. The maximum absolute atomic E-state index is 13.3. The number of allylic oxidation sites excluding steroid dienone is 2. The number of thiazole rings is 1. The molecule has 1 N–H and O–H groups in total. The molecular weight excluding hydrogens is 486 g/mol. The number of nitrogens with zero attached hydrogens (tertiary/aromatic N) is 3. The lowest BCUT2D eigenvalue weighted by atomic mass is 9.95. The van der Waals surface area contributed by atoms with Crippen LogP contribution < -0.4 is 4.57 Å². The minimum atomic E-state index is -1.10. The van der Waals surface area contributed by atoms with Gasteiger partial charge in [0.2, 0.25) is 5.69 Å². The van der Waals surface area contributed by atoms with Gasteiger partial charge in [-0.05, 0) is 50.1 Å². The van der Waals surface area contributed by atoms with Crippen LogP contribution in [0.4, 0.5) is 4.79 Å². The van der Waals surface area contributed by atoms with E-state index in [9.17, 15) is 9.90 Å². The number of aliphatic hydroxyl groups excluding tert-OH is 1. The molecule has 5 rings (SSSR count).